The van der Waals surface area contributed by atoms with Gasteiger partial charge in [-0.1, -0.05) is 72.8 Å². The summed E-state index contributed by atoms with van der Waals surface area (Å²) in [6.07, 6.45) is 0. The Morgan fingerprint density at radius 3 is 1.59 bits per heavy atom. The number of nitrogens with two attached hydrogens (primary N) is 2. The first kappa shape index (κ1) is 42.4. The van der Waals surface area contributed by atoms with Crippen LogP contribution >= 0.6 is 0 Å². The minimum absolute atomic E-state index is 0.00208. The summed E-state index contributed by atoms with van der Waals surface area (Å²) in [6.45, 7) is -0.00208. The van der Waals surface area contributed by atoms with Crippen LogP contribution in [0.1, 0.15) is 84.4 Å². The van der Waals surface area contributed by atoms with Gasteiger partial charge in [-0.15, -0.1) is 0 Å². The largest absolute Gasteiger partial charge is 0.398 e. The Morgan fingerprint density at radius 2 is 1.06 bits per heavy atom. The molecule has 0 bridgehead atoms. The van der Waals surface area contributed by atoms with Crippen molar-refractivity contribution in [3.63, 3.8) is 0 Å². The van der Waals surface area contributed by atoms with Crippen LogP contribution in [0.15, 0.2) is 125 Å². The molecule has 3 aliphatic rings. The Labute approximate surface area is 373 Å². The van der Waals surface area contributed by atoms with Crippen molar-refractivity contribution in [2.24, 2.45) is 0 Å². The Kier molecular flexibility index (Phi) is 10.3. The summed E-state index contributed by atoms with van der Waals surface area (Å²) in [5, 5.41) is 5.41. The minimum atomic E-state index is -4.53. The number of rotatable bonds is 6. The number of carbonyl (C=O) groups excluding carboxylic acids is 6. The Bertz CT molecular complexity index is 3410. The minimum Gasteiger partial charge on any atom is -0.398 e. The zero-order chi connectivity index (χ0) is 46.8. The van der Waals surface area contributed by atoms with Crippen LogP contribution in [-0.2, 0) is 10.1 Å². The van der Waals surface area contributed by atoms with Crippen molar-refractivity contribution in [2.75, 3.05) is 35.7 Å². The Balaban J connectivity index is 0.000000166. The second-order valence-corrected chi connectivity index (χ2v) is 16.6. The fourth-order valence-electron chi connectivity index (χ4n) is 8.12. The lowest BCUT2D eigenvalue weighted by Gasteiger charge is -2.25. The van der Waals surface area contributed by atoms with E-state index in [1.807, 2.05) is 0 Å². The zero-order valence-electron chi connectivity index (χ0n) is 34.2. The van der Waals surface area contributed by atoms with Gasteiger partial charge >= 0.3 is 5.69 Å². The van der Waals surface area contributed by atoms with Gasteiger partial charge in [-0.05, 0) is 53.6 Å². The first-order valence-electron chi connectivity index (χ1n) is 19.8. The molecule has 19 heteroatoms. The van der Waals surface area contributed by atoms with Crippen molar-refractivity contribution in [3.05, 3.63) is 181 Å². The number of likely N-dealkylation sites (N-methyl/N-ethyl adjacent to an activating group) is 1. The fourth-order valence-corrected chi connectivity index (χ4v) is 8.76. The number of aromatic amines is 1. The van der Waals surface area contributed by atoms with Crippen LogP contribution in [0.4, 0.5) is 34.6 Å². The molecule has 0 fully saturated rings. The number of hydrogen-bond acceptors (Lipinski definition) is 15. The molecule has 0 atom stereocenters. The maximum atomic E-state index is 13.6. The third kappa shape index (κ3) is 7.24. The van der Waals surface area contributed by atoms with E-state index in [9.17, 15) is 46.5 Å². The summed E-state index contributed by atoms with van der Waals surface area (Å²) in [5.74, 6) is -2.25. The number of para-hydroxylation sites is 1. The Morgan fingerprint density at radius 1 is 0.576 bits per heavy atom. The highest BCUT2D eigenvalue weighted by Crippen LogP contribution is 2.42. The number of H-pyrrole nitrogens is 1. The van der Waals surface area contributed by atoms with Crippen molar-refractivity contribution in [2.45, 2.75) is 4.90 Å². The molecule has 0 unspecified atom stereocenters. The summed E-state index contributed by atoms with van der Waals surface area (Å²) in [6, 6.07) is 29.4. The van der Waals surface area contributed by atoms with Gasteiger partial charge in [0, 0.05) is 63.1 Å². The summed E-state index contributed by atoms with van der Waals surface area (Å²) >= 11 is 0. The molecule has 7 aromatic rings. The topological polar surface area (TPSA) is 295 Å². The molecule has 6 aromatic carbocycles. The summed E-state index contributed by atoms with van der Waals surface area (Å²) in [7, 11) is -3.01. The number of nitrogens with one attached hydrogen (secondary N) is 3. The lowest BCUT2D eigenvalue weighted by molar-refractivity contribution is 0.0719. The van der Waals surface area contributed by atoms with Gasteiger partial charge in [0.05, 0.1) is 28.9 Å². The summed E-state index contributed by atoms with van der Waals surface area (Å²) in [4.78, 5) is 101. The number of carbonyl (C=O) groups is 6. The average Bonchev–Trinajstić information content (AvgIpc) is 3.29. The van der Waals surface area contributed by atoms with E-state index in [1.165, 1.54) is 48.3 Å². The maximum absolute atomic E-state index is 13.6. The number of benzene rings is 6. The van der Waals surface area contributed by atoms with Crippen LogP contribution in [-0.4, -0.2) is 81.2 Å². The van der Waals surface area contributed by atoms with E-state index in [4.69, 9.17) is 11.5 Å². The van der Waals surface area contributed by atoms with Crippen LogP contribution < -0.4 is 27.8 Å². The number of fused-ring (bicyclic) bond motifs is 5. The number of amides is 1. The number of ketones is 5. The molecule has 0 saturated heterocycles. The number of nitrogen functional groups attached to an aromatic ring is 2. The van der Waals surface area contributed by atoms with Crippen molar-refractivity contribution < 1.29 is 41.7 Å². The smallest absolute Gasteiger partial charge is 0.351 e. The number of anilines is 6. The van der Waals surface area contributed by atoms with E-state index in [1.54, 1.807) is 78.9 Å². The highest BCUT2D eigenvalue weighted by Gasteiger charge is 2.38. The van der Waals surface area contributed by atoms with E-state index in [0.717, 1.165) is 0 Å². The average molecular weight is 901 g/mol. The number of Topliss-reactive ketones (excluding diaryl/α,β-unsaturated/α-hetero) is 1. The van der Waals surface area contributed by atoms with Gasteiger partial charge in [-0.2, -0.15) is 18.4 Å². The summed E-state index contributed by atoms with van der Waals surface area (Å²) in [5.41, 5.74) is 15.0. The lowest BCUT2D eigenvalue weighted by atomic mass is 9.76. The van der Waals surface area contributed by atoms with Crippen LogP contribution in [0.2, 0.25) is 0 Å². The van der Waals surface area contributed by atoms with Crippen LogP contribution in [0, 0.1) is 0 Å². The standard InChI is InChI=1S/C28H16N2O4.C19H16N6O6S/c29-19-11-9-13(21-23(19)27(33)17-7-3-1-5-15(17)25(21)31)14-10-12-20(30)24-22(14)26(32)16-6-2-4-8-18(16)28(24)34;1-25-9-14(26)11-7-6-10(8-12(11)16(25)27)20-17-22-18(24-19(28)23-17)21-13-4-2-3-5-15(13)32(29,30)31/h1-12H,29-30H2;2-8H,9H2,1H3,(H,29,30,31)(H3,20,21,22,23,24,28). The van der Waals surface area contributed by atoms with Crippen molar-refractivity contribution in [3.8, 4) is 11.1 Å². The lowest BCUT2D eigenvalue weighted by Crippen LogP contribution is -2.38. The second-order valence-electron chi connectivity index (χ2n) is 15.2. The molecule has 10 rings (SSSR count). The monoisotopic (exact) mass is 900 g/mol. The van der Waals surface area contributed by atoms with Gasteiger partial charge in [0.25, 0.3) is 16.0 Å². The third-order valence-corrected chi connectivity index (χ3v) is 12.0. The molecule has 8 N–H and O–H groups in total. The number of hydrogen-bond donors (Lipinski definition) is 6. The van der Waals surface area contributed by atoms with Gasteiger partial charge < -0.3 is 27.0 Å². The maximum Gasteiger partial charge on any atom is 0.351 e. The molecular formula is C47H32N8O10S. The second kappa shape index (κ2) is 16.0. The molecule has 18 nitrogen and oxygen atoms in total. The molecule has 1 aliphatic heterocycles. The Hall–Kier alpha value is -8.94. The quantitative estimate of drug-likeness (QED) is 0.0919. The number of nitrogens with zero attached hydrogens (tertiary/aromatic N) is 3. The molecule has 1 amide bonds. The van der Waals surface area contributed by atoms with E-state index < -0.39 is 20.7 Å². The van der Waals surface area contributed by atoms with Crippen molar-refractivity contribution in [1.29, 1.82) is 0 Å². The molecule has 2 heterocycles. The van der Waals surface area contributed by atoms with E-state index in [0.29, 0.717) is 22.4 Å². The SMILES string of the molecule is CN1CC(=O)c2ccc(Nc3nc(Nc4ccccc4S(=O)(=O)O)nc(=O)[nH]3)cc2C1=O.Nc1ccc(-c2ccc(N)c3c2C(=O)c2ccccc2C3=O)c2c1C(=O)c1ccccc1C2=O. The van der Waals surface area contributed by atoms with Gasteiger partial charge in [0.15, 0.2) is 28.9 Å². The van der Waals surface area contributed by atoms with E-state index >= 15 is 0 Å². The van der Waals surface area contributed by atoms with Crippen LogP contribution in [0.25, 0.3) is 11.1 Å². The molecule has 326 valence electrons. The van der Waals surface area contributed by atoms with Crippen molar-refractivity contribution in [1.82, 2.24) is 19.9 Å². The highest BCUT2D eigenvalue weighted by molar-refractivity contribution is 7.86. The first-order valence-corrected chi connectivity index (χ1v) is 21.2. The van der Waals surface area contributed by atoms with Crippen molar-refractivity contribution >= 4 is 79.6 Å². The predicted octanol–water partition coefficient (Wildman–Crippen LogP) is 5.24. The van der Waals surface area contributed by atoms with Crippen LogP contribution in [0.3, 0.4) is 0 Å². The van der Waals surface area contributed by atoms with Gasteiger partial charge in [-0.25, -0.2) is 4.79 Å². The molecule has 0 spiro atoms. The van der Waals surface area contributed by atoms with E-state index in [2.05, 4.69) is 25.6 Å². The van der Waals surface area contributed by atoms with Gasteiger partial charge in [-0.3, -0.25) is 38.3 Å². The zero-order valence-corrected chi connectivity index (χ0v) is 35.0. The molecule has 0 radical (unpaired) electrons. The van der Waals surface area contributed by atoms with Gasteiger partial charge in [0.2, 0.25) is 11.9 Å². The van der Waals surface area contributed by atoms with Crippen LogP contribution in [0.5, 0.6) is 0 Å². The predicted molar refractivity (Wildman–Crippen MR) is 241 cm³/mol. The highest BCUT2D eigenvalue weighted by atomic mass is 32.2. The molecule has 66 heavy (non-hydrogen) atoms. The fraction of sp³-hybridized carbons (Fsp3) is 0.0426. The third-order valence-electron chi connectivity index (χ3n) is 11.1. The summed E-state index contributed by atoms with van der Waals surface area (Å²) < 4.78 is 32.5. The number of aromatic nitrogens is 3. The van der Waals surface area contributed by atoms with E-state index in [-0.39, 0.29) is 120 Å². The molecule has 1 aromatic heterocycles. The molecule has 2 aliphatic carbocycles. The van der Waals surface area contributed by atoms with Gasteiger partial charge in [0.1, 0.15) is 4.90 Å². The first-order chi connectivity index (χ1) is 31.5. The normalized spacial score (nSPS) is 13.7. The molecule has 0 saturated carbocycles. The molecular weight excluding hydrogens is 869 g/mol.